The molecule has 0 bridgehead atoms. The molecule has 3 aromatic rings. The van der Waals surface area contributed by atoms with E-state index in [2.05, 4.69) is 52.2 Å². The molecule has 0 saturated heterocycles. The van der Waals surface area contributed by atoms with Crippen molar-refractivity contribution in [1.82, 2.24) is 14.9 Å². The zero-order chi connectivity index (χ0) is 23.1. The molecule has 2 aliphatic heterocycles. The first kappa shape index (κ1) is 22.5. The summed E-state index contributed by atoms with van der Waals surface area (Å²) in [6.45, 7) is 6.51. The molecule has 5 rings (SSSR count). The molecule has 0 radical (unpaired) electrons. The van der Waals surface area contributed by atoms with Crippen LogP contribution in [0, 0.1) is 0 Å². The second kappa shape index (κ2) is 9.14. The van der Waals surface area contributed by atoms with E-state index in [0.717, 1.165) is 25.2 Å². The Hall–Kier alpha value is -2.32. The summed E-state index contributed by atoms with van der Waals surface area (Å²) in [4.78, 5) is 26.2. The van der Waals surface area contributed by atoms with Gasteiger partial charge in [0.1, 0.15) is 5.03 Å². The minimum Gasteiger partial charge on any atom is -0.324 e. The fourth-order valence-electron chi connectivity index (χ4n) is 4.15. The van der Waals surface area contributed by atoms with Gasteiger partial charge in [0.05, 0.1) is 27.2 Å². The molecule has 170 valence electrons. The first-order valence-electron chi connectivity index (χ1n) is 10.8. The predicted octanol–water partition coefficient (Wildman–Crippen LogP) is 6.00. The van der Waals surface area contributed by atoms with Crippen LogP contribution in [0.5, 0.6) is 0 Å². The van der Waals surface area contributed by atoms with Crippen molar-refractivity contribution >= 4 is 58.2 Å². The molecule has 0 fully saturated rings. The zero-order valence-corrected chi connectivity index (χ0v) is 20.6. The smallest absolute Gasteiger partial charge is 0.263 e. The van der Waals surface area contributed by atoms with Crippen LogP contribution >= 0.6 is 35.0 Å². The van der Waals surface area contributed by atoms with Crippen molar-refractivity contribution in [1.29, 1.82) is 0 Å². The average molecular weight is 500 g/mol. The quantitative estimate of drug-likeness (QED) is 0.443. The first-order valence-corrected chi connectivity index (χ1v) is 12.5. The molecule has 0 aliphatic carbocycles. The molecule has 0 unspecified atom stereocenters. The van der Waals surface area contributed by atoms with Crippen LogP contribution in [0.15, 0.2) is 47.6 Å². The second-order valence-corrected chi connectivity index (χ2v) is 10.2. The van der Waals surface area contributed by atoms with E-state index in [0.29, 0.717) is 44.2 Å². The number of para-hydroxylation sites is 1. The molecule has 2 aliphatic rings. The van der Waals surface area contributed by atoms with E-state index in [1.165, 1.54) is 22.9 Å². The number of carbonyl (C=O) groups excluding carboxylic acids is 1. The topological polar surface area (TPSA) is 61.4 Å². The maximum Gasteiger partial charge on any atom is 0.263 e. The third kappa shape index (κ3) is 4.43. The summed E-state index contributed by atoms with van der Waals surface area (Å²) in [5, 5.41) is 4.81. The van der Waals surface area contributed by atoms with Gasteiger partial charge in [-0.1, -0.05) is 47.1 Å². The SMILES string of the molecule is CC(C)N1CCc2cc(Nc3ncc4c(n3)SCN(c3c(Cl)cccc3Cl)C4=O)ccc2C1. The second-order valence-electron chi connectivity index (χ2n) is 8.41. The number of hydrogen-bond acceptors (Lipinski definition) is 6. The fraction of sp³-hybridized carbons (Fsp3) is 0.292. The number of nitrogens with one attached hydrogen (secondary N) is 1. The molecular formula is C24H23Cl2N5OS. The van der Waals surface area contributed by atoms with Gasteiger partial charge in [0.15, 0.2) is 0 Å². The van der Waals surface area contributed by atoms with Crippen molar-refractivity contribution in [2.24, 2.45) is 0 Å². The summed E-state index contributed by atoms with van der Waals surface area (Å²) in [6, 6.07) is 12.2. The van der Waals surface area contributed by atoms with Crippen LogP contribution in [0.3, 0.4) is 0 Å². The Morgan fingerprint density at radius 3 is 2.67 bits per heavy atom. The monoisotopic (exact) mass is 499 g/mol. The number of hydrogen-bond donors (Lipinski definition) is 1. The Kier molecular flexibility index (Phi) is 6.22. The molecule has 2 aromatic carbocycles. The Labute approximate surface area is 207 Å². The van der Waals surface area contributed by atoms with Crippen molar-refractivity contribution in [3.05, 3.63) is 69.3 Å². The van der Waals surface area contributed by atoms with Crippen LogP contribution in [0.25, 0.3) is 0 Å². The van der Waals surface area contributed by atoms with Gasteiger partial charge < -0.3 is 5.32 Å². The molecular weight excluding hydrogens is 477 g/mol. The lowest BCUT2D eigenvalue weighted by molar-refractivity contribution is 0.0985. The highest BCUT2D eigenvalue weighted by Gasteiger charge is 2.30. The van der Waals surface area contributed by atoms with Gasteiger partial charge in [-0.15, -0.1) is 0 Å². The number of nitrogens with zero attached hydrogens (tertiary/aromatic N) is 4. The van der Waals surface area contributed by atoms with E-state index in [-0.39, 0.29) is 5.91 Å². The van der Waals surface area contributed by atoms with Gasteiger partial charge in [0.25, 0.3) is 5.91 Å². The summed E-state index contributed by atoms with van der Waals surface area (Å²) in [5.74, 6) is 0.628. The van der Waals surface area contributed by atoms with E-state index >= 15 is 0 Å². The summed E-state index contributed by atoms with van der Waals surface area (Å²) < 4.78 is 0. The normalized spacial score (nSPS) is 16.0. The van der Waals surface area contributed by atoms with Crippen molar-refractivity contribution in [2.75, 3.05) is 22.6 Å². The van der Waals surface area contributed by atoms with Gasteiger partial charge in [-0.3, -0.25) is 14.6 Å². The number of halogens is 2. The Morgan fingerprint density at radius 1 is 1.12 bits per heavy atom. The number of carbonyl (C=O) groups is 1. The number of benzene rings is 2. The largest absolute Gasteiger partial charge is 0.324 e. The van der Waals surface area contributed by atoms with Gasteiger partial charge in [-0.05, 0) is 55.7 Å². The molecule has 33 heavy (non-hydrogen) atoms. The highest BCUT2D eigenvalue weighted by Crippen LogP contribution is 2.39. The van der Waals surface area contributed by atoms with E-state index in [1.54, 1.807) is 29.3 Å². The van der Waals surface area contributed by atoms with E-state index in [1.807, 2.05) is 0 Å². The number of amides is 1. The van der Waals surface area contributed by atoms with E-state index in [9.17, 15) is 4.79 Å². The van der Waals surface area contributed by atoms with Crippen molar-refractivity contribution in [2.45, 2.75) is 37.9 Å². The molecule has 0 saturated carbocycles. The van der Waals surface area contributed by atoms with Crippen LogP contribution in [0.2, 0.25) is 10.0 Å². The molecule has 1 aromatic heterocycles. The number of fused-ring (bicyclic) bond motifs is 2. The molecule has 3 heterocycles. The van der Waals surface area contributed by atoms with E-state index < -0.39 is 0 Å². The molecule has 0 atom stereocenters. The zero-order valence-electron chi connectivity index (χ0n) is 18.3. The molecule has 0 spiro atoms. The molecule has 6 nitrogen and oxygen atoms in total. The van der Waals surface area contributed by atoms with Crippen LogP contribution in [0.1, 0.15) is 35.3 Å². The Bertz CT molecular complexity index is 1220. The number of thioether (sulfide) groups is 1. The van der Waals surface area contributed by atoms with Crippen molar-refractivity contribution < 1.29 is 4.79 Å². The third-order valence-corrected chi connectivity index (χ3v) is 7.58. The lowest BCUT2D eigenvalue weighted by Crippen LogP contribution is -2.35. The van der Waals surface area contributed by atoms with Gasteiger partial charge >= 0.3 is 0 Å². The summed E-state index contributed by atoms with van der Waals surface area (Å²) in [6.07, 6.45) is 2.59. The highest BCUT2D eigenvalue weighted by molar-refractivity contribution is 7.99. The molecule has 1 N–H and O–H groups in total. The lowest BCUT2D eigenvalue weighted by Gasteiger charge is -2.32. The van der Waals surface area contributed by atoms with Gasteiger partial charge in [0, 0.05) is 31.0 Å². The standard InChI is InChI=1S/C24H23Cl2N5OS/c1-14(2)30-9-8-15-10-17(7-6-16(15)12-30)28-24-27-11-18-22(29-24)33-13-31(23(18)32)21-19(25)4-3-5-20(21)26/h3-7,10-11,14H,8-9,12-13H2,1-2H3,(H,27,28,29). The number of anilines is 3. The Balaban J connectivity index is 1.35. The molecule has 1 amide bonds. The van der Waals surface area contributed by atoms with Crippen molar-refractivity contribution in [3.63, 3.8) is 0 Å². The van der Waals surface area contributed by atoms with Gasteiger partial charge in [-0.25, -0.2) is 9.97 Å². The number of aromatic nitrogens is 2. The minimum absolute atomic E-state index is 0.214. The maximum absolute atomic E-state index is 13.1. The summed E-state index contributed by atoms with van der Waals surface area (Å²) in [5.41, 5.74) is 4.62. The summed E-state index contributed by atoms with van der Waals surface area (Å²) in [7, 11) is 0. The lowest BCUT2D eigenvalue weighted by atomic mass is 9.98. The fourth-order valence-corrected chi connectivity index (χ4v) is 5.69. The van der Waals surface area contributed by atoms with Gasteiger partial charge in [0.2, 0.25) is 5.95 Å². The van der Waals surface area contributed by atoms with Crippen LogP contribution in [0.4, 0.5) is 17.3 Å². The third-order valence-electron chi connectivity index (χ3n) is 6.00. The summed E-state index contributed by atoms with van der Waals surface area (Å²) >= 11 is 14.1. The number of rotatable bonds is 4. The first-order chi connectivity index (χ1) is 15.9. The van der Waals surface area contributed by atoms with E-state index in [4.69, 9.17) is 23.2 Å². The van der Waals surface area contributed by atoms with Crippen LogP contribution < -0.4 is 10.2 Å². The average Bonchev–Trinajstić information content (AvgIpc) is 2.80. The minimum atomic E-state index is -0.214. The Morgan fingerprint density at radius 2 is 1.91 bits per heavy atom. The molecule has 9 heteroatoms. The van der Waals surface area contributed by atoms with Crippen LogP contribution in [-0.4, -0.2) is 39.2 Å². The van der Waals surface area contributed by atoms with Crippen molar-refractivity contribution in [3.8, 4) is 0 Å². The maximum atomic E-state index is 13.1. The highest BCUT2D eigenvalue weighted by atomic mass is 35.5. The van der Waals surface area contributed by atoms with Gasteiger partial charge in [-0.2, -0.15) is 0 Å². The van der Waals surface area contributed by atoms with Crippen LogP contribution in [-0.2, 0) is 13.0 Å². The predicted molar refractivity (Wildman–Crippen MR) is 135 cm³/mol.